The molecule has 1 aromatic heterocycles. The number of aliphatic hydroxyl groups excluding tert-OH is 1. The molecule has 0 unspecified atom stereocenters. The van der Waals surface area contributed by atoms with Gasteiger partial charge in [-0.25, -0.2) is 4.98 Å². The summed E-state index contributed by atoms with van der Waals surface area (Å²) in [7, 11) is 0. The minimum Gasteiger partial charge on any atom is -0.389 e. The quantitative estimate of drug-likeness (QED) is 0.662. The van der Waals surface area contributed by atoms with E-state index in [1.807, 2.05) is 0 Å². The van der Waals surface area contributed by atoms with E-state index in [1.54, 1.807) is 0 Å². The fourth-order valence-corrected chi connectivity index (χ4v) is 0.898. The molecule has 0 amide bonds. The van der Waals surface area contributed by atoms with Crippen LogP contribution in [0.1, 0.15) is 18.6 Å². The van der Waals surface area contributed by atoms with E-state index < -0.39 is 12.1 Å². The van der Waals surface area contributed by atoms with Crippen LogP contribution in [0, 0.1) is 5.95 Å². The Morgan fingerprint density at radius 1 is 1.73 bits per heavy atom. The number of halogens is 2. The normalized spacial score (nSPS) is 13.1. The van der Waals surface area contributed by atoms with Crippen LogP contribution >= 0.6 is 11.6 Å². The minimum atomic E-state index is -0.874. The predicted octanol–water partition coefficient (Wildman–Crippen LogP) is 1.93. The van der Waals surface area contributed by atoms with Crippen molar-refractivity contribution in [3.63, 3.8) is 0 Å². The number of pyridine rings is 1. The van der Waals surface area contributed by atoms with Crippen LogP contribution in [0.3, 0.4) is 0 Å². The van der Waals surface area contributed by atoms with Crippen LogP contribution < -0.4 is 0 Å². The summed E-state index contributed by atoms with van der Waals surface area (Å²) in [5.74, 6) is -0.676. The Bertz CT molecular complexity index is 265. The lowest BCUT2D eigenvalue weighted by Gasteiger charge is -2.04. The maximum absolute atomic E-state index is 12.7. The standard InChI is InChI=1S/C7H7ClFNO/c1-4(11)6-2-5(8)3-10-7(6)9/h2-4,11H,1H3/t4-/m0/s1. The van der Waals surface area contributed by atoms with Crippen LogP contribution in [0.2, 0.25) is 5.02 Å². The molecule has 0 saturated heterocycles. The molecular weight excluding hydrogens is 169 g/mol. The first-order valence-electron chi connectivity index (χ1n) is 3.10. The highest BCUT2D eigenvalue weighted by atomic mass is 35.5. The molecule has 0 aliphatic rings. The first kappa shape index (κ1) is 8.43. The molecule has 0 aromatic carbocycles. The molecule has 11 heavy (non-hydrogen) atoms. The highest BCUT2D eigenvalue weighted by Crippen LogP contribution is 2.18. The molecule has 1 rings (SSSR count). The van der Waals surface area contributed by atoms with Gasteiger partial charge in [0.25, 0.3) is 0 Å². The van der Waals surface area contributed by atoms with Crippen molar-refractivity contribution < 1.29 is 9.50 Å². The molecule has 4 heteroatoms. The Hall–Kier alpha value is -0.670. The van der Waals surface area contributed by atoms with Crippen LogP contribution in [0.4, 0.5) is 4.39 Å². The summed E-state index contributed by atoms with van der Waals surface area (Å²) in [5, 5.41) is 9.31. The number of hydrogen-bond acceptors (Lipinski definition) is 2. The number of aliphatic hydroxyl groups is 1. The summed E-state index contributed by atoms with van der Waals surface area (Å²) < 4.78 is 12.7. The molecule has 0 aliphatic heterocycles. The van der Waals surface area contributed by atoms with E-state index in [4.69, 9.17) is 16.7 Å². The van der Waals surface area contributed by atoms with Crippen molar-refractivity contribution in [2.45, 2.75) is 13.0 Å². The van der Waals surface area contributed by atoms with Gasteiger partial charge in [-0.15, -0.1) is 0 Å². The Morgan fingerprint density at radius 2 is 2.36 bits per heavy atom. The topological polar surface area (TPSA) is 33.1 Å². The summed E-state index contributed by atoms with van der Waals surface area (Å²) >= 11 is 5.52. The lowest BCUT2D eigenvalue weighted by Crippen LogP contribution is -1.97. The van der Waals surface area contributed by atoms with Crippen molar-refractivity contribution in [2.24, 2.45) is 0 Å². The highest BCUT2D eigenvalue weighted by Gasteiger charge is 2.08. The van der Waals surface area contributed by atoms with Crippen LogP contribution in [0.15, 0.2) is 12.3 Å². The zero-order valence-corrected chi connectivity index (χ0v) is 6.64. The lowest BCUT2D eigenvalue weighted by atomic mass is 10.2. The van der Waals surface area contributed by atoms with E-state index >= 15 is 0 Å². The van der Waals surface area contributed by atoms with E-state index in [0.717, 1.165) is 0 Å². The Balaban J connectivity index is 3.13. The second kappa shape index (κ2) is 3.15. The maximum atomic E-state index is 12.7. The fraction of sp³-hybridized carbons (Fsp3) is 0.286. The molecule has 0 spiro atoms. The number of rotatable bonds is 1. The van der Waals surface area contributed by atoms with Gasteiger partial charge >= 0.3 is 0 Å². The van der Waals surface area contributed by atoms with Crippen molar-refractivity contribution in [3.05, 3.63) is 28.8 Å². The van der Waals surface area contributed by atoms with Gasteiger partial charge in [-0.3, -0.25) is 0 Å². The largest absolute Gasteiger partial charge is 0.389 e. The van der Waals surface area contributed by atoms with Gasteiger partial charge in [-0.2, -0.15) is 4.39 Å². The van der Waals surface area contributed by atoms with Crippen LogP contribution in [-0.2, 0) is 0 Å². The fourth-order valence-electron chi connectivity index (χ4n) is 0.731. The molecule has 0 fully saturated rings. The monoisotopic (exact) mass is 175 g/mol. The molecular formula is C7H7ClFNO. The van der Waals surface area contributed by atoms with Gasteiger partial charge in [0, 0.05) is 11.8 Å². The number of nitrogens with zero attached hydrogens (tertiary/aromatic N) is 1. The zero-order chi connectivity index (χ0) is 8.43. The third-order valence-corrected chi connectivity index (χ3v) is 1.49. The van der Waals surface area contributed by atoms with Gasteiger partial charge in [-0.05, 0) is 13.0 Å². The molecule has 0 aliphatic carbocycles. The number of hydrogen-bond donors (Lipinski definition) is 1. The second-order valence-corrected chi connectivity index (χ2v) is 2.65. The molecule has 0 radical (unpaired) electrons. The molecule has 0 saturated carbocycles. The Morgan fingerprint density at radius 3 is 2.82 bits per heavy atom. The van der Waals surface area contributed by atoms with Crippen LogP contribution in [0.25, 0.3) is 0 Å². The molecule has 1 heterocycles. The molecule has 1 N–H and O–H groups in total. The molecule has 0 bridgehead atoms. The first-order chi connectivity index (χ1) is 5.11. The molecule has 1 aromatic rings. The Labute approximate surface area is 68.6 Å². The zero-order valence-electron chi connectivity index (χ0n) is 5.88. The van der Waals surface area contributed by atoms with Crippen molar-refractivity contribution in [1.82, 2.24) is 4.98 Å². The maximum Gasteiger partial charge on any atom is 0.218 e. The summed E-state index contributed by atoms with van der Waals surface area (Å²) in [5.41, 5.74) is 0.123. The van der Waals surface area contributed by atoms with Gasteiger partial charge in [0.2, 0.25) is 5.95 Å². The van der Waals surface area contributed by atoms with Gasteiger partial charge in [0.1, 0.15) is 0 Å². The van der Waals surface area contributed by atoms with Gasteiger partial charge in [0.15, 0.2) is 0 Å². The summed E-state index contributed by atoms with van der Waals surface area (Å²) in [6.07, 6.45) is 0.323. The third kappa shape index (κ3) is 1.88. The summed E-state index contributed by atoms with van der Waals surface area (Å²) in [6.45, 7) is 1.45. The van der Waals surface area contributed by atoms with E-state index in [1.165, 1.54) is 19.2 Å². The third-order valence-electron chi connectivity index (χ3n) is 1.28. The smallest absolute Gasteiger partial charge is 0.218 e. The van der Waals surface area contributed by atoms with Crippen LogP contribution in [-0.4, -0.2) is 10.1 Å². The minimum absolute atomic E-state index is 0.123. The second-order valence-electron chi connectivity index (χ2n) is 2.21. The van der Waals surface area contributed by atoms with Crippen molar-refractivity contribution in [1.29, 1.82) is 0 Å². The van der Waals surface area contributed by atoms with Gasteiger partial charge < -0.3 is 5.11 Å². The lowest BCUT2D eigenvalue weighted by molar-refractivity contribution is 0.193. The predicted molar refractivity (Wildman–Crippen MR) is 39.8 cm³/mol. The SMILES string of the molecule is C[C@H](O)c1cc(Cl)cnc1F. The van der Waals surface area contributed by atoms with Gasteiger partial charge in [0.05, 0.1) is 11.1 Å². The first-order valence-corrected chi connectivity index (χ1v) is 3.48. The van der Waals surface area contributed by atoms with Crippen LogP contribution in [0.5, 0.6) is 0 Å². The molecule has 1 atom stereocenters. The average molecular weight is 176 g/mol. The van der Waals surface area contributed by atoms with Crippen molar-refractivity contribution >= 4 is 11.6 Å². The number of aromatic nitrogens is 1. The molecule has 2 nitrogen and oxygen atoms in total. The highest BCUT2D eigenvalue weighted by molar-refractivity contribution is 6.30. The summed E-state index contributed by atoms with van der Waals surface area (Å²) in [4.78, 5) is 3.34. The van der Waals surface area contributed by atoms with E-state index in [0.29, 0.717) is 5.02 Å². The van der Waals surface area contributed by atoms with E-state index in [2.05, 4.69) is 4.98 Å². The molecule has 60 valence electrons. The van der Waals surface area contributed by atoms with E-state index in [-0.39, 0.29) is 5.56 Å². The average Bonchev–Trinajstić information content (AvgIpc) is 1.94. The van der Waals surface area contributed by atoms with E-state index in [9.17, 15) is 4.39 Å². The summed E-state index contributed by atoms with van der Waals surface area (Å²) in [6, 6.07) is 1.36. The Kier molecular flexibility index (Phi) is 2.42. The van der Waals surface area contributed by atoms with Crippen molar-refractivity contribution in [3.8, 4) is 0 Å². The van der Waals surface area contributed by atoms with Gasteiger partial charge in [-0.1, -0.05) is 11.6 Å². The van der Waals surface area contributed by atoms with Crippen molar-refractivity contribution in [2.75, 3.05) is 0 Å².